The summed E-state index contributed by atoms with van der Waals surface area (Å²) in [6.07, 6.45) is -1.26. The smallest absolute Gasteiger partial charge is 0.244 e. The zero-order valence-electron chi connectivity index (χ0n) is 14.2. The molecule has 26 heavy (non-hydrogen) atoms. The number of benzene rings is 2. The van der Waals surface area contributed by atoms with Crippen molar-refractivity contribution in [1.29, 1.82) is 0 Å². The van der Waals surface area contributed by atoms with Crippen LogP contribution in [0.15, 0.2) is 60.7 Å². The minimum absolute atomic E-state index is 0.630. The van der Waals surface area contributed by atoms with E-state index in [-0.39, 0.29) is 0 Å². The van der Waals surface area contributed by atoms with Crippen molar-refractivity contribution in [2.24, 2.45) is 0 Å². The molecule has 7 nitrogen and oxygen atoms in total. The monoisotopic (exact) mass is 375 g/mol. The number of hydrogen-bond donors (Lipinski definition) is 4. The third-order valence-electron chi connectivity index (χ3n) is 4.29. The Balaban J connectivity index is 1.95. The fourth-order valence-corrected chi connectivity index (χ4v) is 4.80. The SMILES string of the molecule is CC1NC(O)NC(=O)C1S(=O)(=O)NC(c1ccccc1)c1ccccc1. The molecule has 1 aliphatic heterocycles. The van der Waals surface area contributed by atoms with E-state index < -0.39 is 39.6 Å². The van der Waals surface area contributed by atoms with E-state index in [1.165, 1.54) is 0 Å². The molecular formula is C18H21N3O4S. The highest BCUT2D eigenvalue weighted by Gasteiger charge is 2.43. The molecule has 0 bridgehead atoms. The fraction of sp³-hybridized carbons (Fsp3) is 0.278. The van der Waals surface area contributed by atoms with Crippen molar-refractivity contribution in [3.8, 4) is 0 Å². The third kappa shape index (κ3) is 3.94. The molecule has 3 rings (SSSR count). The lowest BCUT2D eigenvalue weighted by atomic mass is 10.00. The van der Waals surface area contributed by atoms with Crippen molar-refractivity contribution >= 4 is 15.9 Å². The van der Waals surface area contributed by atoms with Crippen LogP contribution in [-0.4, -0.2) is 37.1 Å². The maximum atomic E-state index is 13.0. The van der Waals surface area contributed by atoms with Crippen LogP contribution in [-0.2, 0) is 14.8 Å². The lowest BCUT2D eigenvalue weighted by Crippen LogP contribution is -2.66. The number of nitrogens with one attached hydrogen (secondary N) is 3. The molecule has 2 aromatic rings. The van der Waals surface area contributed by atoms with Crippen LogP contribution in [0.5, 0.6) is 0 Å². The average Bonchev–Trinajstić information content (AvgIpc) is 2.60. The molecule has 1 heterocycles. The summed E-state index contributed by atoms with van der Waals surface area (Å²) in [6, 6.07) is 16.9. The second kappa shape index (κ2) is 7.55. The highest BCUT2D eigenvalue weighted by atomic mass is 32.2. The van der Waals surface area contributed by atoms with Gasteiger partial charge in [0.2, 0.25) is 15.9 Å². The molecule has 3 atom stereocenters. The van der Waals surface area contributed by atoms with Crippen molar-refractivity contribution in [2.45, 2.75) is 30.6 Å². The molecular weight excluding hydrogens is 354 g/mol. The number of rotatable bonds is 5. The molecule has 8 heteroatoms. The van der Waals surface area contributed by atoms with Crippen molar-refractivity contribution in [2.75, 3.05) is 0 Å². The van der Waals surface area contributed by atoms with Crippen LogP contribution < -0.4 is 15.4 Å². The molecule has 1 saturated heterocycles. The van der Waals surface area contributed by atoms with Crippen LogP contribution in [0.3, 0.4) is 0 Å². The summed E-state index contributed by atoms with van der Waals surface area (Å²) < 4.78 is 28.6. The van der Waals surface area contributed by atoms with Crippen molar-refractivity contribution in [1.82, 2.24) is 15.4 Å². The Morgan fingerprint density at radius 2 is 1.50 bits per heavy atom. The van der Waals surface area contributed by atoms with Crippen LogP contribution in [0.1, 0.15) is 24.1 Å². The number of sulfonamides is 1. The average molecular weight is 375 g/mol. The van der Waals surface area contributed by atoms with Gasteiger partial charge in [-0.15, -0.1) is 0 Å². The normalized spacial score (nSPS) is 23.7. The van der Waals surface area contributed by atoms with Gasteiger partial charge in [0, 0.05) is 6.04 Å². The summed E-state index contributed by atoms with van der Waals surface area (Å²) in [6.45, 7) is 1.55. The molecule has 0 aliphatic carbocycles. The lowest BCUT2D eigenvalue weighted by molar-refractivity contribution is -0.127. The largest absolute Gasteiger partial charge is 0.361 e. The van der Waals surface area contributed by atoms with E-state index in [1.54, 1.807) is 6.92 Å². The summed E-state index contributed by atoms with van der Waals surface area (Å²) in [4.78, 5) is 12.2. The highest BCUT2D eigenvalue weighted by Crippen LogP contribution is 2.24. The Morgan fingerprint density at radius 3 is 1.96 bits per heavy atom. The number of aliphatic hydroxyl groups is 1. The Kier molecular flexibility index (Phi) is 5.38. The first-order chi connectivity index (χ1) is 12.4. The number of carbonyl (C=O) groups is 1. The van der Waals surface area contributed by atoms with Crippen molar-refractivity contribution in [3.05, 3.63) is 71.8 Å². The number of hydrogen-bond acceptors (Lipinski definition) is 5. The maximum absolute atomic E-state index is 13.0. The second-order valence-electron chi connectivity index (χ2n) is 6.20. The quantitative estimate of drug-likeness (QED) is 0.607. The minimum Gasteiger partial charge on any atom is -0.361 e. The van der Waals surface area contributed by atoms with E-state index in [9.17, 15) is 18.3 Å². The first-order valence-electron chi connectivity index (χ1n) is 8.24. The van der Waals surface area contributed by atoms with Gasteiger partial charge in [0.15, 0.2) is 11.6 Å². The Labute approximate surface area is 152 Å². The molecule has 4 N–H and O–H groups in total. The molecule has 0 radical (unpaired) electrons. The predicted octanol–water partition coefficient (Wildman–Crippen LogP) is 0.448. The van der Waals surface area contributed by atoms with E-state index in [0.717, 1.165) is 11.1 Å². The van der Waals surface area contributed by atoms with Crippen molar-refractivity contribution < 1.29 is 18.3 Å². The predicted molar refractivity (Wildman–Crippen MR) is 97.3 cm³/mol. The molecule has 2 aromatic carbocycles. The van der Waals surface area contributed by atoms with E-state index >= 15 is 0 Å². The van der Waals surface area contributed by atoms with Gasteiger partial charge in [0.05, 0.1) is 6.04 Å². The topological polar surface area (TPSA) is 108 Å². The van der Waals surface area contributed by atoms with Gasteiger partial charge in [0.25, 0.3) is 0 Å². The van der Waals surface area contributed by atoms with Gasteiger partial charge in [-0.1, -0.05) is 60.7 Å². The Bertz CT molecular complexity index is 819. The molecule has 0 spiro atoms. The number of carbonyl (C=O) groups excluding carboxylic acids is 1. The highest BCUT2D eigenvalue weighted by molar-refractivity contribution is 7.91. The molecule has 1 aliphatic rings. The minimum atomic E-state index is -4.04. The molecule has 0 saturated carbocycles. The zero-order chi connectivity index (χ0) is 18.7. The van der Waals surface area contributed by atoms with Crippen LogP contribution in [0, 0.1) is 0 Å². The summed E-state index contributed by atoms with van der Waals surface area (Å²) in [5.41, 5.74) is 1.53. The van der Waals surface area contributed by atoms with E-state index in [1.807, 2.05) is 60.7 Å². The molecule has 1 amide bonds. The first kappa shape index (κ1) is 18.5. The lowest BCUT2D eigenvalue weighted by Gasteiger charge is -2.33. The van der Waals surface area contributed by atoms with Gasteiger partial charge in [-0.3, -0.25) is 10.1 Å². The van der Waals surface area contributed by atoms with E-state index in [0.29, 0.717) is 0 Å². The van der Waals surface area contributed by atoms with Gasteiger partial charge in [0.1, 0.15) is 0 Å². The number of amides is 1. The van der Waals surface area contributed by atoms with Gasteiger partial charge in [-0.25, -0.2) is 13.1 Å². The van der Waals surface area contributed by atoms with Crippen LogP contribution in [0.2, 0.25) is 0 Å². The fourth-order valence-electron chi connectivity index (χ4n) is 3.09. The van der Waals surface area contributed by atoms with Crippen LogP contribution in [0.25, 0.3) is 0 Å². The summed E-state index contributed by atoms with van der Waals surface area (Å²) in [5.74, 6) is -0.740. The summed E-state index contributed by atoms with van der Waals surface area (Å²) in [7, 11) is -4.04. The van der Waals surface area contributed by atoms with Gasteiger partial charge >= 0.3 is 0 Å². The van der Waals surface area contributed by atoms with Gasteiger partial charge < -0.3 is 10.4 Å². The Morgan fingerprint density at radius 1 is 1.00 bits per heavy atom. The van der Waals surface area contributed by atoms with Crippen LogP contribution >= 0.6 is 0 Å². The maximum Gasteiger partial charge on any atom is 0.244 e. The van der Waals surface area contributed by atoms with Crippen LogP contribution in [0.4, 0.5) is 0 Å². The zero-order valence-corrected chi connectivity index (χ0v) is 15.0. The van der Waals surface area contributed by atoms with Crippen molar-refractivity contribution in [3.63, 3.8) is 0 Å². The first-order valence-corrected chi connectivity index (χ1v) is 9.78. The summed E-state index contributed by atoms with van der Waals surface area (Å²) in [5, 5.41) is 13.0. The van der Waals surface area contributed by atoms with E-state index in [4.69, 9.17) is 0 Å². The summed E-state index contributed by atoms with van der Waals surface area (Å²) >= 11 is 0. The standard InChI is InChI=1S/C18H21N3O4S/c1-12-16(17(22)20-18(23)19-12)26(24,25)21-15(13-8-4-2-5-9-13)14-10-6-3-7-11-14/h2-12,15-16,18-19,21,23H,1H3,(H,20,22). The second-order valence-corrected chi connectivity index (χ2v) is 8.04. The Hall–Kier alpha value is -2.26. The molecule has 0 aromatic heterocycles. The third-order valence-corrected chi connectivity index (χ3v) is 6.15. The molecule has 138 valence electrons. The van der Waals surface area contributed by atoms with Gasteiger partial charge in [-0.2, -0.15) is 0 Å². The molecule has 1 fully saturated rings. The van der Waals surface area contributed by atoms with E-state index in [2.05, 4.69) is 15.4 Å². The van der Waals surface area contributed by atoms with Gasteiger partial charge in [-0.05, 0) is 18.1 Å². The molecule has 3 unspecified atom stereocenters. The number of aliphatic hydroxyl groups excluding tert-OH is 1.